The van der Waals surface area contributed by atoms with Gasteiger partial charge in [0.25, 0.3) is 0 Å². The third kappa shape index (κ3) is 2.69. The lowest BCUT2D eigenvalue weighted by atomic mass is 10.5. The average molecular weight is 211 g/mol. The van der Waals surface area contributed by atoms with E-state index in [1.807, 2.05) is 6.92 Å². The molecule has 1 heterocycles. The summed E-state index contributed by atoms with van der Waals surface area (Å²) in [6, 6.07) is 0.856. The normalized spacial score (nSPS) is 16.2. The van der Waals surface area contributed by atoms with Gasteiger partial charge in [-0.25, -0.2) is 4.98 Å². The Morgan fingerprint density at radius 2 is 2.43 bits per heavy atom. The second-order valence-corrected chi connectivity index (χ2v) is 4.79. The molecule has 2 rings (SSSR count). The summed E-state index contributed by atoms with van der Waals surface area (Å²) in [5.74, 6) is 0. The van der Waals surface area contributed by atoms with E-state index >= 15 is 0 Å². The van der Waals surface area contributed by atoms with Crippen LogP contribution in [0.1, 0.15) is 18.5 Å². The van der Waals surface area contributed by atoms with E-state index < -0.39 is 0 Å². The van der Waals surface area contributed by atoms with Crippen LogP contribution in [-0.4, -0.2) is 36.1 Å². The van der Waals surface area contributed by atoms with E-state index in [4.69, 9.17) is 0 Å². The number of hydrogen-bond donors (Lipinski definition) is 1. The number of thiazole rings is 1. The second-order valence-electron chi connectivity index (χ2n) is 3.93. The zero-order chi connectivity index (χ0) is 9.97. The summed E-state index contributed by atoms with van der Waals surface area (Å²) >= 11 is 1.68. The van der Waals surface area contributed by atoms with E-state index in [0.717, 1.165) is 30.0 Å². The van der Waals surface area contributed by atoms with Gasteiger partial charge in [0.15, 0.2) is 5.13 Å². The van der Waals surface area contributed by atoms with Crippen LogP contribution in [0.4, 0.5) is 5.13 Å². The summed E-state index contributed by atoms with van der Waals surface area (Å²) in [4.78, 5) is 6.78. The first kappa shape index (κ1) is 9.93. The van der Waals surface area contributed by atoms with Gasteiger partial charge in [-0.2, -0.15) is 0 Å². The van der Waals surface area contributed by atoms with E-state index in [1.54, 1.807) is 11.3 Å². The molecule has 1 saturated carbocycles. The molecule has 0 saturated heterocycles. The van der Waals surface area contributed by atoms with Crippen molar-refractivity contribution in [3.8, 4) is 0 Å². The summed E-state index contributed by atoms with van der Waals surface area (Å²) in [6.45, 7) is 4.14. The van der Waals surface area contributed by atoms with Gasteiger partial charge in [-0.05, 0) is 26.8 Å². The molecule has 1 aliphatic rings. The molecule has 0 aromatic carbocycles. The monoisotopic (exact) mass is 211 g/mol. The maximum Gasteiger partial charge on any atom is 0.182 e. The molecule has 0 bridgehead atoms. The van der Waals surface area contributed by atoms with Crippen LogP contribution in [0.5, 0.6) is 0 Å². The topological polar surface area (TPSA) is 28.2 Å². The van der Waals surface area contributed by atoms with Crippen molar-refractivity contribution in [2.24, 2.45) is 0 Å². The van der Waals surface area contributed by atoms with E-state index in [-0.39, 0.29) is 0 Å². The quantitative estimate of drug-likeness (QED) is 0.807. The molecule has 4 heteroatoms. The Hall–Kier alpha value is -0.610. The molecule has 78 valence electrons. The third-order valence-corrected chi connectivity index (χ3v) is 3.45. The van der Waals surface area contributed by atoms with E-state index in [2.05, 4.69) is 27.6 Å². The highest BCUT2D eigenvalue weighted by molar-refractivity contribution is 7.13. The van der Waals surface area contributed by atoms with Crippen LogP contribution in [0, 0.1) is 6.92 Å². The predicted molar refractivity (Wildman–Crippen MR) is 61.0 cm³/mol. The predicted octanol–water partition coefficient (Wildman–Crippen LogP) is 1.96. The van der Waals surface area contributed by atoms with Crippen molar-refractivity contribution in [1.82, 2.24) is 9.88 Å². The molecule has 1 aliphatic carbocycles. The van der Waals surface area contributed by atoms with Gasteiger partial charge in [0.2, 0.25) is 0 Å². The zero-order valence-corrected chi connectivity index (χ0v) is 9.60. The zero-order valence-electron chi connectivity index (χ0n) is 8.79. The van der Waals surface area contributed by atoms with E-state index in [0.29, 0.717) is 0 Å². The van der Waals surface area contributed by atoms with Gasteiger partial charge in [-0.15, -0.1) is 11.3 Å². The van der Waals surface area contributed by atoms with Crippen LogP contribution in [0.15, 0.2) is 5.38 Å². The molecule has 3 nitrogen and oxygen atoms in total. The Labute approximate surface area is 89.1 Å². The Kier molecular flexibility index (Phi) is 3.03. The van der Waals surface area contributed by atoms with Crippen molar-refractivity contribution in [3.63, 3.8) is 0 Å². The summed E-state index contributed by atoms with van der Waals surface area (Å²) in [6.07, 6.45) is 2.76. The van der Waals surface area contributed by atoms with Crippen molar-refractivity contribution in [1.29, 1.82) is 0 Å². The van der Waals surface area contributed by atoms with Crippen molar-refractivity contribution < 1.29 is 0 Å². The standard InChI is InChI=1S/C10H17N3S/c1-8-7-14-10(12-8)11-5-6-13(2)9-3-4-9/h7,9H,3-6H2,1-2H3,(H,11,12). The van der Waals surface area contributed by atoms with Gasteiger partial charge in [0.05, 0.1) is 5.69 Å². The molecule has 0 unspecified atom stereocenters. The molecular weight excluding hydrogens is 194 g/mol. The van der Waals surface area contributed by atoms with Crippen LogP contribution in [0.2, 0.25) is 0 Å². The highest BCUT2D eigenvalue weighted by Gasteiger charge is 2.25. The Morgan fingerprint density at radius 1 is 1.64 bits per heavy atom. The fourth-order valence-corrected chi connectivity index (χ4v) is 2.19. The number of rotatable bonds is 5. The smallest absolute Gasteiger partial charge is 0.182 e. The van der Waals surface area contributed by atoms with Crippen molar-refractivity contribution >= 4 is 16.5 Å². The Morgan fingerprint density at radius 3 is 3.00 bits per heavy atom. The van der Waals surface area contributed by atoms with E-state index in [1.165, 1.54) is 12.8 Å². The van der Waals surface area contributed by atoms with Gasteiger partial charge in [0.1, 0.15) is 0 Å². The van der Waals surface area contributed by atoms with Crippen LogP contribution >= 0.6 is 11.3 Å². The summed E-state index contributed by atoms with van der Waals surface area (Å²) < 4.78 is 0. The highest BCUT2D eigenvalue weighted by Crippen LogP contribution is 2.24. The molecule has 1 aromatic heterocycles. The minimum atomic E-state index is 0.856. The molecule has 0 atom stereocenters. The van der Waals surface area contributed by atoms with Gasteiger partial charge in [0, 0.05) is 24.5 Å². The van der Waals surface area contributed by atoms with Crippen LogP contribution in [0.25, 0.3) is 0 Å². The lowest BCUT2D eigenvalue weighted by Gasteiger charge is -2.15. The molecule has 0 amide bonds. The Balaban J connectivity index is 1.67. The fourth-order valence-electron chi connectivity index (χ4n) is 1.47. The van der Waals surface area contributed by atoms with Crippen LogP contribution < -0.4 is 5.32 Å². The van der Waals surface area contributed by atoms with Crippen molar-refractivity contribution in [3.05, 3.63) is 11.1 Å². The minimum absolute atomic E-state index is 0.856. The lowest BCUT2D eigenvalue weighted by molar-refractivity contribution is 0.337. The lowest BCUT2D eigenvalue weighted by Crippen LogP contribution is -2.26. The highest BCUT2D eigenvalue weighted by atomic mass is 32.1. The number of nitrogens with one attached hydrogen (secondary N) is 1. The van der Waals surface area contributed by atoms with E-state index in [9.17, 15) is 0 Å². The number of aromatic nitrogens is 1. The molecule has 1 N–H and O–H groups in total. The van der Waals surface area contributed by atoms with Crippen LogP contribution in [0.3, 0.4) is 0 Å². The first-order chi connectivity index (χ1) is 6.75. The van der Waals surface area contributed by atoms with Gasteiger partial charge in [-0.1, -0.05) is 0 Å². The summed E-state index contributed by atoms with van der Waals surface area (Å²) in [5, 5.41) is 6.47. The molecule has 0 aliphatic heterocycles. The molecule has 0 spiro atoms. The summed E-state index contributed by atoms with van der Waals surface area (Å²) in [7, 11) is 2.20. The molecule has 1 aromatic rings. The SMILES string of the molecule is Cc1csc(NCCN(C)C2CC2)n1. The molecule has 1 fully saturated rings. The molecule has 14 heavy (non-hydrogen) atoms. The first-order valence-corrected chi connectivity index (χ1v) is 6.00. The van der Waals surface area contributed by atoms with Gasteiger partial charge < -0.3 is 10.2 Å². The number of hydrogen-bond acceptors (Lipinski definition) is 4. The molecule has 0 radical (unpaired) electrons. The van der Waals surface area contributed by atoms with Crippen molar-refractivity contribution in [2.75, 3.05) is 25.5 Å². The number of nitrogens with zero attached hydrogens (tertiary/aromatic N) is 2. The third-order valence-electron chi connectivity index (χ3n) is 2.53. The number of aryl methyl sites for hydroxylation is 1. The van der Waals surface area contributed by atoms with Gasteiger partial charge >= 0.3 is 0 Å². The molecular formula is C10H17N3S. The van der Waals surface area contributed by atoms with Crippen molar-refractivity contribution in [2.45, 2.75) is 25.8 Å². The largest absolute Gasteiger partial charge is 0.360 e. The average Bonchev–Trinajstić information content (AvgIpc) is 2.92. The minimum Gasteiger partial charge on any atom is -0.360 e. The number of anilines is 1. The maximum atomic E-state index is 4.36. The summed E-state index contributed by atoms with van der Waals surface area (Å²) in [5.41, 5.74) is 1.10. The fraction of sp³-hybridized carbons (Fsp3) is 0.700. The Bertz CT molecular complexity index is 293. The maximum absolute atomic E-state index is 4.36. The van der Waals surface area contributed by atoms with Crippen LogP contribution in [-0.2, 0) is 0 Å². The second kappa shape index (κ2) is 4.28. The first-order valence-electron chi connectivity index (χ1n) is 5.12. The van der Waals surface area contributed by atoms with Gasteiger partial charge in [-0.3, -0.25) is 0 Å². The number of likely N-dealkylation sites (N-methyl/N-ethyl adjacent to an activating group) is 1.